The molecule has 0 aliphatic carbocycles. The smallest absolute Gasteiger partial charge is 0.331 e. The van der Waals surface area contributed by atoms with Crippen molar-refractivity contribution >= 4 is 16.6 Å². The summed E-state index contributed by atoms with van der Waals surface area (Å²) < 4.78 is 15.4. The van der Waals surface area contributed by atoms with Crippen molar-refractivity contribution in [2.24, 2.45) is 0 Å². The van der Waals surface area contributed by atoms with Crippen molar-refractivity contribution in [1.29, 1.82) is 0 Å². The summed E-state index contributed by atoms with van der Waals surface area (Å²) in [6.07, 6.45) is 1.59. The van der Waals surface area contributed by atoms with Gasteiger partial charge in [-0.3, -0.25) is 4.40 Å². The lowest BCUT2D eigenvalue weighted by molar-refractivity contribution is 0.276. The van der Waals surface area contributed by atoms with E-state index in [0.717, 1.165) is 0 Å². The number of aryl methyl sites for hydroxylation is 1. The fraction of sp³-hybridized carbons (Fsp3) is 0.167. The van der Waals surface area contributed by atoms with Gasteiger partial charge in [-0.15, -0.1) is 0 Å². The molecule has 0 bridgehead atoms. The van der Waals surface area contributed by atoms with E-state index in [0.29, 0.717) is 16.7 Å². The predicted octanol–water partition coefficient (Wildman–Crippen LogP) is 1.12. The molecule has 6 heteroatoms. The van der Waals surface area contributed by atoms with Crippen LogP contribution in [0.15, 0.2) is 23.1 Å². The van der Waals surface area contributed by atoms with Crippen LogP contribution in [0.1, 0.15) is 11.3 Å². The van der Waals surface area contributed by atoms with Crippen molar-refractivity contribution in [3.05, 3.63) is 45.9 Å². The number of fused-ring (bicyclic) bond motifs is 3. The van der Waals surface area contributed by atoms with E-state index in [1.807, 2.05) is 0 Å². The van der Waals surface area contributed by atoms with Gasteiger partial charge in [0.25, 0.3) is 0 Å². The summed E-state index contributed by atoms with van der Waals surface area (Å²) in [5.41, 5.74) is 0.858. The van der Waals surface area contributed by atoms with Crippen molar-refractivity contribution in [3.8, 4) is 0 Å². The molecule has 0 aliphatic heterocycles. The number of aromatic nitrogens is 3. The molecule has 0 saturated heterocycles. The highest BCUT2D eigenvalue weighted by atomic mass is 19.1. The quantitative estimate of drug-likeness (QED) is 0.676. The summed E-state index contributed by atoms with van der Waals surface area (Å²) in [6, 6.07) is 3.13. The lowest BCUT2D eigenvalue weighted by Gasteiger charge is -2.04. The van der Waals surface area contributed by atoms with E-state index in [1.54, 1.807) is 19.2 Å². The van der Waals surface area contributed by atoms with Gasteiger partial charge in [-0.05, 0) is 13.0 Å². The number of benzene rings is 1. The van der Waals surface area contributed by atoms with Crippen LogP contribution in [0, 0.1) is 12.7 Å². The van der Waals surface area contributed by atoms with E-state index in [9.17, 15) is 9.18 Å². The van der Waals surface area contributed by atoms with Crippen molar-refractivity contribution in [3.63, 3.8) is 0 Å². The highest BCUT2D eigenvalue weighted by molar-refractivity contribution is 5.91. The Kier molecular flexibility index (Phi) is 2.21. The molecule has 0 atom stereocenters. The number of aliphatic hydroxyl groups is 1. The number of rotatable bonds is 1. The maximum atomic E-state index is 14.0. The largest absolute Gasteiger partial charge is 0.392 e. The molecule has 18 heavy (non-hydrogen) atoms. The van der Waals surface area contributed by atoms with Gasteiger partial charge in [-0.25, -0.2) is 14.2 Å². The number of aromatic amines is 1. The Morgan fingerprint density at radius 3 is 3.00 bits per heavy atom. The van der Waals surface area contributed by atoms with Crippen LogP contribution in [0.4, 0.5) is 4.39 Å². The predicted molar refractivity (Wildman–Crippen MR) is 63.9 cm³/mol. The second kappa shape index (κ2) is 3.64. The summed E-state index contributed by atoms with van der Waals surface area (Å²) in [7, 11) is 0. The zero-order valence-electron chi connectivity index (χ0n) is 9.57. The van der Waals surface area contributed by atoms with Gasteiger partial charge in [0.05, 0.1) is 17.8 Å². The van der Waals surface area contributed by atoms with E-state index >= 15 is 0 Å². The van der Waals surface area contributed by atoms with Crippen molar-refractivity contribution < 1.29 is 9.50 Å². The zero-order valence-corrected chi connectivity index (χ0v) is 9.57. The summed E-state index contributed by atoms with van der Waals surface area (Å²) in [4.78, 5) is 18.5. The molecule has 5 nitrogen and oxygen atoms in total. The van der Waals surface area contributed by atoms with Gasteiger partial charge in [0, 0.05) is 17.1 Å². The van der Waals surface area contributed by atoms with Crippen molar-refractivity contribution in [2.45, 2.75) is 13.5 Å². The first-order valence-corrected chi connectivity index (χ1v) is 5.41. The number of nitrogens with one attached hydrogen (secondary N) is 1. The van der Waals surface area contributed by atoms with Crippen molar-refractivity contribution in [2.75, 3.05) is 0 Å². The molecule has 0 saturated carbocycles. The van der Waals surface area contributed by atoms with Gasteiger partial charge in [-0.1, -0.05) is 6.07 Å². The van der Waals surface area contributed by atoms with Gasteiger partial charge in [0.15, 0.2) is 11.5 Å². The Bertz CT molecular complexity index is 819. The third-order valence-corrected chi connectivity index (χ3v) is 2.91. The molecule has 0 amide bonds. The third-order valence-electron chi connectivity index (χ3n) is 2.91. The van der Waals surface area contributed by atoms with Gasteiger partial charge >= 0.3 is 5.69 Å². The summed E-state index contributed by atoms with van der Waals surface area (Å²) >= 11 is 0. The third kappa shape index (κ3) is 1.36. The van der Waals surface area contributed by atoms with Gasteiger partial charge in [0.2, 0.25) is 0 Å². The van der Waals surface area contributed by atoms with E-state index in [2.05, 4.69) is 9.97 Å². The van der Waals surface area contributed by atoms with E-state index in [1.165, 1.54) is 10.5 Å². The van der Waals surface area contributed by atoms with Crippen LogP contribution < -0.4 is 5.69 Å². The number of imidazole rings is 1. The molecule has 92 valence electrons. The zero-order chi connectivity index (χ0) is 12.9. The molecule has 1 aromatic carbocycles. The van der Waals surface area contributed by atoms with Gasteiger partial charge < -0.3 is 10.1 Å². The van der Waals surface area contributed by atoms with E-state index < -0.39 is 18.1 Å². The highest BCUT2D eigenvalue weighted by Gasteiger charge is 2.13. The first-order valence-electron chi connectivity index (χ1n) is 5.41. The lowest BCUT2D eigenvalue weighted by atomic mass is 10.1. The lowest BCUT2D eigenvalue weighted by Crippen LogP contribution is -2.16. The van der Waals surface area contributed by atoms with Gasteiger partial charge in [-0.2, -0.15) is 0 Å². The Morgan fingerprint density at radius 2 is 2.28 bits per heavy atom. The fourth-order valence-electron chi connectivity index (χ4n) is 2.06. The minimum Gasteiger partial charge on any atom is -0.392 e. The molecule has 3 rings (SSSR count). The maximum Gasteiger partial charge on any atom is 0.331 e. The molecular weight excluding hydrogens is 237 g/mol. The van der Waals surface area contributed by atoms with E-state index in [4.69, 9.17) is 5.11 Å². The minimum absolute atomic E-state index is 0.0738. The average Bonchev–Trinajstić information content (AvgIpc) is 2.73. The summed E-state index contributed by atoms with van der Waals surface area (Å²) in [5, 5.41) is 9.52. The summed E-state index contributed by atoms with van der Waals surface area (Å²) in [6.45, 7) is 1.35. The second-order valence-corrected chi connectivity index (χ2v) is 4.13. The Balaban J connectivity index is 2.57. The fourth-order valence-corrected chi connectivity index (χ4v) is 2.06. The van der Waals surface area contributed by atoms with Crippen LogP contribution in [0.25, 0.3) is 16.6 Å². The standard InChI is InChI=1S/C12H10FN3O2/c1-6-4-16-11(14-6)8-3-2-7(5-17)9(13)10(8)15-12(16)18/h2-4,17H,5H2,1H3,(H,15,18). The van der Waals surface area contributed by atoms with Crippen LogP contribution in [0.3, 0.4) is 0 Å². The molecular formula is C12H10FN3O2. The Morgan fingerprint density at radius 1 is 1.50 bits per heavy atom. The van der Waals surface area contributed by atoms with Crippen LogP contribution in [-0.2, 0) is 6.61 Å². The SMILES string of the molecule is Cc1cn2c(=O)[nH]c3c(F)c(CO)ccc3c2n1. The van der Waals surface area contributed by atoms with Gasteiger partial charge in [0.1, 0.15) is 0 Å². The number of nitrogens with zero attached hydrogens (tertiary/aromatic N) is 2. The Labute approximate surface area is 101 Å². The normalized spacial score (nSPS) is 11.5. The van der Waals surface area contributed by atoms with E-state index in [-0.39, 0.29) is 11.1 Å². The molecule has 0 radical (unpaired) electrons. The molecule has 0 fully saturated rings. The molecule has 2 heterocycles. The molecule has 0 spiro atoms. The number of H-pyrrole nitrogens is 1. The topological polar surface area (TPSA) is 70.4 Å². The minimum atomic E-state index is -0.616. The van der Waals surface area contributed by atoms with Crippen LogP contribution in [0.5, 0.6) is 0 Å². The molecule has 2 N–H and O–H groups in total. The number of aliphatic hydroxyl groups excluding tert-OH is 1. The van der Waals surface area contributed by atoms with Crippen LogP contribution in [0.2, 0.25) is 0 Å². The Hall–Kier alpha value is -2.21. The molecule has 3 aromatic rings. The molecule has 0 aliphatic rings. The molecule has 2 aromatic heterocycles. The number of hydrogen-bond acceptors (Lipinski definition) is 3. The number of halogens is 1. The number of hydrogen-bond donors (Lipinski definition) is 2. The first-order chi connectivity index (χ1) is 8.61. The van der Waals surface area contributed by atoms with Crippen molar-refractivity contribution in [1.82, 2.24) is 14.4 Å². The molecule has 0 unspecified atom stereocenters. The maximum absolute atomic E-state index is 14.0. The first kappa shape index (κ1) is 10.9. The second-order valence-electron chi connectivity index (χ2n) is 4.13. The summed E-state index contributed by atoms with van der Waals surface area (Å²) in [5.74, 6) is -0.616. The highest BCUT2D eigenvalue weighted by Crippen LogP contribution is 2.21. The van der Waals surface area contributed by atoms with Crippen LogP contribution in [-0.4, -0.2) is 19.5 Å². The van der Waals surface area contributed by atoms with Crippen LogP contribution >= 0.6 is 0 Å². The average molecular weight is 247 g/mol. The monoisotopic (exact) mass is 247 g/mol.